The Balaban J connectivity index is 2.06. The van der Waals surface area contributed by atoms with Gasteiger partial charge in [-0.25, -0.2) is 0 Å². The summed E-state index contributed by atoms with van der Waals surface area (Å²) in [5, 5.41) is 9.20. The Morgan fingerprint density at radius 1 is 1.12 bits per heavy atom. The fourth-order valence-electron chi connectivity index (χ4n) is 1.84. The van der Waals surface area contributed by atoms with Crippen molar-refractivity contribution in [3.8, 4) is 0 Å². The van der Waals surface area contributed by atoms with E-state index >= 15 is 0 Å². The van der Waals surface area contributed by atoms with Crippen molar-refractivity contribution in [3.63, 3.8) is 0 Å². The van der Waals surface area contributed by atoms with Gasteiger partial charge >= 0.3 is 5.97 Å². The summed E-state index contributed by atoms with van der Waals surface area (Å²) in [4.78, 5) is 11.2. The maximum Gasteiger partial charge on any atom is 0.307 e. The molecule has 0 saturated carbocycles. The number of carbonyl (C=O) groups is 1. The van der Waals surface area contributed by atoms with Crippen molar-refractivity contribution in [2.24, 2.45) is 5.92 Å². The molecule has 0 saturated heterocycles. The Kier molecular flexibility index (Phi) is 3.60. The van der Waals surface area contributed by atoms with Crippen LogP contribution in [0.15, 0.2) is 53.3 Å². The molecule has 0 fully saturated rings. The molecule has 1 aromatic heterocycles. The van der Waals surface area contributed by atoms with E-state index in [1.165, 1.54) is 0 Å². The molecule has 1 aromatic carbocycles. The second kappa shape index (κ2) is 5.34. The van der Waals surface area contributed by atoms with E-state index in [0.717, 1.165) is 11.1 Å². The van der Waals surface area contributed by atoms with Crippen LogP contribution in [0.5, 0.6) is 0 Å². The predicted octanol–water partition coefficient (Wildman–Crippen LogP) is 2.77. The summed E-state index contributed by atoms with van der Waals surface area (Å²) < 4.78 is 4.95. The van der Waals surface area contributed by atoms with Gasteiger partial charge in [0.05, 0.1) is 18.4 Å². The van der Waals surface area contributed by atoms with Crippen LogP contribution in [0.25, 0.3) is 0 Å². The largest absolute Gasteiger partial charge is 0.481 e. The van der Waals surface area contributed by atoms with E-state index in [0.29, 0.717) is 12.8 Å². The second-order valence-electron chi connectivity index (χ2n) is 4.06. The highest BCUT2D eigenvalue weighted by molar-refractivity contribution is 5.70. The predicted molar refractivity (Wildman–Crippen MR) is 63.7 cm³/mol. The maximum atomic E-state index is 11.2. The Bertz CT molecular complexity index is 459. The first-order valence-corrected chi connectivity index (χ1v) is 5.53. The molecule has 17 heavy (non-hydrogen) atoms. The van der Waals surface area contributed by atoms with Crippen LogP contribution in [-0.4, -0.2) is 11.1 Å². The summed E-state index contributed by atoms with van der Waals surface area (Å²) in [5.41, 5.74) is 1.97. The molecular formula is C14H14O3. The summed E-state index contributed by atoms with van der Waals surface area (Å²) in [5.74, 6) is -1.18. The SMILES string of the molecule is O=C(O)C(Cc1ccccc1)Cc1ccoc1. The van der Waals surface area contributed by atoms with Gasteiger partial charge in [0.2, 0.25) is 0 Å². The standard InChI is InChI=1S/C14H14O3/c15-14(16)13(9-12-6-7-17-10-12)8-11-4-2-1-3-5-11/h1-7,10,13H,8-9H2,(H,15,16). The normalized spacial score (nSPS) is 12.2. The third-order valence-corrected chi connectivity index (χ3v) is 2.74. The van der Waals surface area contributed by atoms with Crippen LogP contribution in [0.2, 0.25) is 0 Å². The lowest BCUT2D eigenvalue weighted by Gasteiger charge is -2.11. The van der Waals surface area contributed by atoms with Gasteiger partial charge in [0.25, 0.3) is 0 Å². The Hall–Kier alpha value is -2.03. The third kappa shape index (κ3) is 3.21. The molecule has 0 aliphatic heterocycles. The van der Waals surface area contributed by atoms with Gasteiger partial charge in [0.15, 0.2) is 0 Å². The zero-order valence-electron chi connectivity index (χ0n) is 9.37. The van der Waals surface area contributed by atoms with Gasteiger partial charge in [-0.15, -0.1) is 0 Å². The third-order valence-electron chi connectivity index (χ3n) is 2.74. The quantitative estimate of drug-likeness (QED) is 0.859. The van der Waals surface area contributed by atoms with Crippen LogP contribution in [0.3, 0.4) is 0 Å². The molecule has 3 heteroatoms. The van der Waals surface area contributed by atoms with Gasteiger partial charge < -0.3 is 9.52 Å². The minimum absolute atomic E-state index is 0.407. The number of carboxylic acids is 1. The van der Waals surface area contributed by atoms with Gasteiger partial charge in [-0.05, 0) is 30.0 Å². The molecule has 0 bridgehead atoms. The lowest BCUT2D eigenvalue weighted by atomic mass is 9.94. The number of benzene rings is 1. The first kappa shape index (κ1) is 11.5. The molecule has 2 rings (SSSR count). The highest BCUT2D eigenvalue weighted by atomic mass is 16.4. The van der Waals surface area contributed by atoms with Gasteiger partial charge in [-0.2, -0.15) is 0 Å². The van der Waals surface area contributed by atoms with Crippen molar-refractivity contribution in [2.75, 3.05) is 0 Å². The van der Waals surface area contributed by atoms with Crippen LogP contribution in [0, 0.1) is 5.92 Å². The number of hydrogen-bond acceptors (Lipinski definition) is 2. The number of hydrogen-bond donors (Lipinski definition) is 1. The molecule has 0 aliphatic rings. The van der Waals surface area contributed by atoms with Crippen molar-refractivity contribution in [2.45, 2.75) is 12.8 Å². The molecule has 1 atom stereocenters. The van der Waals surface area contributed by atoms with Gasteiger partial charge in [-0.3, -0.25) is 4.79 Å². The van der Waals surface area contributed by atoms with Gasteiger partial charge in [0, 0.05) is 0 Å². The first-order valence-electron chi connectivity index (χ1n) is 5.53. The summed E-state index contributed by atoms with van der Waals surface area (Å²) in [7, 11) is 0. The fraction of sp³-hybridized carbons (Fsp3) is 0.214. The van der Waals surface area contributed by atoms with Crippen LogP contribution >= 0.6 is 0 Å². The van der Waals surface area contributed by atoms with E-state index in [1.807, 2.05) is 30.3 Å². The fourth-order valence-corrected chi connectivity index (χ4v) is 1.84. The van der Waals surface area contributed by atoms with Crippen molar-refractivity contribution in [1.82, 2.24) is 0 Å². The molecule has 3 nitrogen and oxygen atoms in total. The minimum Gasteiger partial charge on any atom is -0.481 e. The smallest absolute Gasteiger partial charge is 0.307 e. The lowest BCUT2D eigenvalue weighted by molar-refractivity contribution is -0.141. The van der Waals surface area contributed by atoms with E-state index in [-0.39, 0.29) is 0 Å². The molecule has 88 valence electrons. The van der Waals surface area contributed by atoms with Crippen LogP contribution in [0.4, 0.5) is 0 Å². The van der Waals surface area contributed by atoms with E-state index in [2.05, 4.69) is 0 Å². The van der Waals surface area contributed by atoms with Crippen LogP contribution in [0.1, 0.15) is 11.1 Å². The van der Waals surface area contributed by atoms with Crippen LogP contribution in [-0.2, 0) is 17.6 Å². The molecule has 2 aromatic rings. The number of rotatable bonds is 5. The number of furan rings is 1. The molecule has 0 amide bonds. The van der Waals surface area contributed by atoms with E-state index in [1.54, 1.807) is 18.6 Å². The Morgan fingerprint density at radius 3 is 2.41 bits per heavy atom. The average molecular weight is 230 g/mol. The monoisotopic (exact) mass is 230 g/mol. The molecule has 0 spiro atoms. The zero-order chi connectivity index (χ0) is 12.1. The van der Waals surface area contributed by atoms with Crippen LogP contribution < -0.4 is 0 Å². The summed E-state index contributed by atoms with van der Waals surface area (Å²) in [6.07, 6.45) is 4.21. The molecule has 1 heterocycles. The highest BCUT2D eigenvalue weighted by Gasteiger charge is 2.18. The summed E-state index contributed by atoms with van der Waals surface area (Å²) in [6, 6.07) is 11.5. The first-order chi connectivity index (χ1) is 8.25. The molecule has 0 radical (unpaired) electrons. The number of carboxylic acid groups (broad SMARTS) is 1. The minimum atomic E-state index is -0.768. The van der Waals surface area contributed by atoms with Crippen molar-refractivity contribution in [3.05, 3.63) is 60.1 Å². The highest BCUT2D eigenvalue weighted by Crippen LogP contribution is 2.15. The lowest BCUT2D eigenvalue weighted by Crippen LogP contribution is -2.18. The average Bonchev–Trinajstić information content (AvgIpc) is 2.82. The van der Waals surface area contributed by atoms with Crippen molar-refractivity contribution < 1.29 is 14.3 Å². The Morgan fingerprint density at radius 2 is 1.82 bits per heavy atom. The number of aliphatic carboxylic acids is 1. The molecule has 1 N–H and O–H groups in total. The molecule has 1 unspecified atom stereocenters. The van der Waals surface area contributed by atoms with E-state index in [9.17, 15) is 9.90 Å². The maximum absolute atomic E-state index is 11.2. The molecule has 0 aliphatic carbocycles. The zero-order valence-corrected chi connectivity index (χ0v) is 9.37. The van der Waals surface area contributed by atoms with Crippen molar-refractivity contribution >= 4 is 5.97 Å². The summed E-state index contributed by atoms with van der Waals surface area (Å²) >= 11 is 0. The van der Waals surface area contributed by atoms with Gasteiger partial charge in [0.1, 0.15) is 0 Å². The van der Waals surface area contributed by atoms with E-state index in [4.69, 9.17) is 4.42 Å². The Labute approximate surface area is 99.7 Å². The second-order valence-corrected chi connectivity index (χ2v) is 4.06. The summed E-state index contributed by atoms with van der Waals surface area (Å²) in [6.45, 7) is 0. The van der Waals surface area contributed by atoms with Gasteiger partial charge in [-0.1, -0.05) is 30.3 Å². The van der Waals surface area contributed by atoms with Crippen molar-refractivity contribution in [1.29, 1.82) is 0 Å². The topological polar surface area (TPSA) is 50.4 Å². The van der Waals surface area contributed by atoms with E-state index < -0.39 is 11.9 Å². The molecular weight excluding hydrogens is 216 g/mol.